The molecule has 1 aromatic rings. The Kier molecular flexibility index (Phi) is 4.04. The average molecular weight is 264 g/mol. The largest absolute Gasteiger partial charge is 0.370 e. The van der Waals surface area contributed by atoms with Crippen LogP contribution in [0, 0.1) is 18.7 Å². The van der Waals surface area contributed by atoms with Gasteiger partial charge in [-0.05, 0) is 62.3 Å². The van der Waals surface area contributed by atoms with E-state index >= 15 is 0 Å². The van der Waals surface area contributed by atoms with Gasteiger partial charge in [-0.1, -0.05) is 6.92 Å². The van der Waals surface area contributed by atoms with E-state index in [1.807, 2.05) is 0 Å². The van der Waals surface area contributed by atoms with Crippen LogP contribution in [0.25, 0.3) is 0 Å². The van der Waals surface area contributed by atoms with E-state index in [4.69, 9.17) is 4.74 Å². The van der Waals surface area contributed by atoms with E-state index in [9.17, 15) is 9.18 Å². The second-order valence-electron chi connectivity index (χ2n) is 5.67. The molecule has 1 fully saturated rings. The molecule has 0 N–H and O–H groups in total. The summed E-state index contributed by atoms with van der Waals surface area (Å²) in [5.41, 5.74) is 0.549. The maximum Gasteiger partial charge on any atom is 0.194 e. The fraction of sp³-hybridized carbons (Fsp3) is 0.562. The molecule has 3 heteroatoms. The van der Waals surface area contributed by atoms with Crippen LogP contribution in [-0.4, -0.2) is 18.5 Å². The van der Waals surface area contributed by atoms with Crippen LogP contribution in [0.15, 0.2) is 18.2 Å². The lowest BCUT2D eigenvalue weighted by Crippen LogP contribution is -2.44. The number of benzene rings is 1. The molecule has 1 aromatic carbocycles. The molecule has 0 radical (unpaired) electrons. The van der Waals surface area contributed by atoms with Crippen LogP contribution in [0.1, 0.15) is 48.5 Å². The molecule has 1 aliphatic rings. The van der Waals surface area contributed by atoms with Crippen molar-refractivity contribution in [2.75, 3.05) is 7.11 Å². The van der Waals surface area contributed by atoms with Gasteiger partial charge in [0.1, 0.15) is 11.4 Å². The van der Waals surface area contributed by atoms with E-state index in [0.717, 1.165) is 25.7 Å². The van der Waals surface area contributed by atoms with Crippen molar-refractivity contribution in [3.8, 4) is 0 Å². The standard InChI is InChI=1S/C16H21FO2/c1-11-6-8-16(19-3,9-7-11)15(18)14-5-4-13(17)10-12(14)2/h4-5,10-11H,6-9H2,1-3H3. The van der Waals surface area contributed by atoms with E-state index in [0.29, 0.717) is 17.0 Å². The van der Waals surface area contributed by atoms with Crippen molar-refractivity contribution in [2.24, 2.45) is 5.92 Å². The van der Waals surface area contributed by atoms with Gasteiger partial charge in [0.05, 0.1) is 0 Å². The van der Waals surface area contributed by atoms with Crippen LogP contribution in [0.2, 0.25) is 0 Å². The van der Waals surface area contributed by atoms with E-state index in [2.05, 4.69) is 6.92 Å². The first kappa shape index (κ1) is 14.2. The number of Topliss-reactive ketones (excluding diaryl/α,β-unsaturated/α-hetero) is 1. The molecule has 0 saturated heterocycles. The van der Waals surface area contributed by atoms with Crippen LogP contribution in [0.4, 0.5) is 4.39 Å². The average Bonchev–Trinajstić information content (AvgIpc) is 2.39. The monoisotopic (exact) mass is 264 g/mol. The smallest absolute Gasteiger partial charge is 0.194 e. The van der Waals surface area contributed by atoms with Crippen LogP contribution in [-0.2, 0) is 4.74 Å². The first-order valence-corrected chi connectivity index (χ1v) is 6.84. The molecule has 0 spiro atoms. The number of hydrogen-bond donors (Lipinski definition) is 0. The van der Waals surface area contributed by atoms with Gasteiger partial charge in [0.15, 0.2) is 5.78 Å². The summed E-state index contributed by atoms with van der Waals surface area (Å²) in [4.78, 5) is 12.7. The maximum absolute atomic E-state index is 13.1. The van der Waals surface area contributed by atoms with Crippen LogP contribution in [0.5, 0.6) is 0 Å². The Labute approximate surface area is 114 Å². The lowest BCUT2D eigenvalue weighted by molar-refractivity contribution is -0.0263. The van der Waals surface area contributed by atoms with Gasteiger partial charge in [-0.15, -0.1) is 0 Å². The summed E-state index contributed by atoms with van der Waals surface area (Å²) in [6, 6.07) is 4.32. The zero-order chi connectivity index (χ0) is 14.0. The highest BCUT2D eigenvalue weighted by Crippen LogP contribution is 2.37. The lowest BCUT2D eigenvalue weighted by atomic mass is 9.75. The Bertz CT molecular complexity index is 474. The molecule has 0 aliphatic heterocycles. The zero-order valence-electron chi connectivity index (χ0n) is 11.8. The number of halogens is 1. The first-order chi connectivity index (χ1) is 8.98. The molecule has 0 bridgehead atoms. The van der Waals surface area contributed by atoms with Crippen LogP contribution in [0.3, 0.4) is 0 Å². The quantitative estimate of drug-likeness (QED) is 0.774. The van der Waals surface area contributed by atoms with Gasteiger partial charge in [0.2, 0.25) is 0 Å². The van der Waals surface area contributed by atoms with E-state index < -0.39 is 5.60 Å². The molecule has 2 rings (SSSR count). The third kappa shape index (κ3) is 2.71. The number of rotatable bonds is 3. The summed E-state index contributed by atoms with van der Waals surface area (Å²) in [6.45, 7) is 3.97. The third-order valence-corrected chi connectivity index (χ3v) is 4.32. The van der Waals surface area contributed by atoms with Gasteiger partial charge in [-0.25, -0.2) is 4.39 Å². The molecule has 1 saturated carbocycles. The van der Waals surface area contributed by atoms with Crippen molar-refractivity contribution in [3.63, 3.8) is 0 Å². The number of aryl methyl sites for hydroxylation is 1. The number of ether oxygens (including phenoxy) is 1. The molecule has 2 nitrogen and oxygen atoms in total. The number of ketones is 1. The Morgan fingerprint density at radius 3 is 2.53 bits per heavy atom. The highest BCUT2D eigenvalue weighted by Gasteiger charge is 2.41. The van der Waals surface area contributed by atoms with Crippen LogP contribution < -0.4 is 0 Å². The molecule has 0 atom stereocenters. The SMILES string of the molecule is COC1(C(=O)c2ccc(F)cc2C)CCC(C)CC1. The van der Waals surface area contributed by atoms with Crippen molar-refractivity contribution >= 4 is 5.78 Å². The fourth-order valence-corrected chi connectivity index (χ4v) is 2.88. The Hall–Kier alpha value is -1.22. The Balaban J connectivity index is 2.30. The molecule has 19 heavy (non-hydrogen) atoms. The number of carbonyl (C=O) groups is 1. The minimum atomic E-state index is -0.713. The molecule has 0 heterocycles. The molecule has 0 aromatic heterocycles. The molecule has 0 unspecified atom stereocenters. The minimum absolute atomic E-state index is 0.000556. The van der Waals surface area contributed by atoms with E-state index in [1.54, 1.807) is 20.1 Å². The second-order valence-corrected chi connectivity index (χ2v) is 5.67. The van der Waals surface area contributed by atoms with Crippen molar-refractivity contribution in [3.05, 3.63) is 35.1 Å². The van der Waals surface area contributed by atoms with Gasteiger partial charge in [-0.3, -0.25) is 4.79 Å². The Morgan fingerprint density at radius 1 is 1.37 bits per heavy atom. The first-order valence-electron chi connectivity index (χ1n) is 6.84. The van der Waals surface area contributed by atoms with Gasteiger partial charge in [0, 0.05) is 12.7 Å². The summed E-state index contributed by atoms with van der Waals surface area (Å²) in [5.74, 6) is 0.336. The summed E-state index contributed by atoms with van der Waals surface area (Å²) in [5, 5.41) is 0. The topological polar surface area (TPSA) is 26.3 Å². The van der Waals surface area contributed by atoms with Gasteiger partial charge in [0.25, 0.3) is 0 Å². The van der Waals surface area contributed by atoms with E-state index in [-0.39, 0.29) is 11.6 Å². The number of carbonyl (C=O) groups excluding carboxylic acids is 1. The molecule has 104 valence electrons. The van der Waals surface area contributed by atoms with Crippen molar-refractivity contribution in [2.45, 2.75) is 45.1 Å². The van der Waals surface area contributed by atoms with Gasteiger partial charge < -0.3 is 4.74 Å². The molecule has 0 amide bonds. The predicted molar refractivity (Wildman–Crippen MR) is 72.8 cm³/mol. The second kappa shape index (κ2) is 5.41. The number of methoxy groups -OCH3 is 1. The summed E-state index contributed by atoms with van der Waals surface area (Å²) >= 11 is 0. The van der Waals surface area contributed by atoms with E-state index in [1.165, 1.54) is 12.1 Å². The zero-order valence-corrected chi connectivity index (χ0v) is 11.8. The normalized spacial score (nSPS) is 27.3. The third-order valence-electron chi connectivity index (χ3n) is 4.32. The highest BCUT2D eigenvalue weighted by atomic mass is 19.1. The van der Waals surface area contributed by atoms with Crippen molar-refractivity contribution in [1.29, 1.82) is 0 Å². The fourth-order valence-electron chi connectivity index (χ4n) is 2.88. The molecular formula is C16H21FO2. The molecule has 1 aliphatic carbocycles. The maximum atomic E-state index is 13.1. The van der Waals surface area contributed by atoms with Crippen LogP contribution >= 0.6 is 0 Å². The highest BCUT2D eigenvalue weighted by molar-refractivity contribution is 6.03. The summed E-state index contributed by atoms with van der Waals surface area (Å²) in [6.07, 6.45) is 3.50. The summed E-state index contributed by atoms with van der Waals surface area (Å²) < 4.78 is 18.7. The molecular weight excluding hydrogens is 243 g/mol. The summed E-state index contributed by atoms with van der Waals surface area (Å²) in [7, 11) is 1.60. The minimum Gasteiger partial charge on any atom is -0.370 e. The van der Waals surface area contributed by atoms with Gasteiger partial charge >= 0.3 is 0 Å². The van der Waals surface area contributed by atoms with Gasteiger partial charge in [-0.2, -0.15) is 0 Å². The number of hydrogen-bond acceptors (Lipinski definition) is 2. The van der Waals surface area contributed by atoms with Crippen molar-refractivity contribution in [1.82, 2.24) is 0 Å². The predicted octanol–water partition coefficient (Wildman–Crippen LogP) is 3.91. The Morgan fingerprint density at radius 2 is 2.00 bits per heavy atom. The lowest BCUT2D eigenvalue weighted by Gasteiger charge is -2.37. The van der Waals surface area contributed by atoms with Crippen molar-refractivity contribution < 1.29 is 13.9 Å².